The third-order valence-electron chi connectivity index (χ3n) is 1.09. The maximum absolute atomic E-state index is 4.87. The molecule has 0 unspecified atom stereocenters. The predicted octanol–water partition coefficient (Wildman–Crippen LogP) is 1.98. The topological polar surface area (TPSA) is 12.5 Å². The van der Waals surface area contributed by atoms with Crippen molar-refractivity contribution >= 4 is 40.4 Å². The van der Waals surface area contributed by atoms with Crippen LogP contribution in [0.15, 0.2) is 0 Å². The molecule has 0 aromatic carbocycles. The van der Waals surface area contributed by atoms with E-state index in [1.165, 1.54) is 0 Å². The van der Waals surface area contributed by atoms with Crippen molar-refractivity contribution in [2.45, 2.75) is 13.8 Å². The van der Waals surface area contributed by atoms with Gasteiger partial charge in [0.2, 0.25) is 0 Å². The zero-order valence-electron chi connectivity index (χ0n) is 5.56. The summed E-state index contributed by atoms with van der Waals surface area (Å²) in [4.78, 5) is 1.97. The van der Waals surface area contributed by atoms with E-state index in [0.717, 1.165) is 13.1 Å². The molecule has 0 saturated carbocycles. The van der Waals surface area contributed by atoms with Crippen LogP contribution in [-0.4, -0.2) is 23.2 Å². The van der Waals surface area contributed by atoms with Gasteiger partial charge in [0.05, 0.1) is 0 Å². The molecule has 0 rings (SSSR count). The van der Waals surface area contributed by atoms with Crippen LogP contribution in [0, 0.1) is 0 Å². The fourth-order valence-electron chi connectivity index (χ4n) is 0.531. The number of thiocarbonyl (C=S) groups is 1. The Morgan fingerprint density at radius 1 is 1.56 bits per heavy atom. The summed E-state index contributed by atoms with van der Waals surface area (Å²) in [6.07, 6.45) is 0. The predicted molar refractivity (Wildman–Crippen MR) is 50.6 cm³/mol. The van der Waals surface area contributed by atoms with Crippen LogP contribution in [0.25, 0.3) is 0 Å². The Balaban J connectivity index is 3.64. The van der Waals surface area contributed by atoms with Gasteiger partial charge in [-0.15, -0.1) is 0 Å². The van der Waals surface area contributed by atoms with Gasteiger partial charge in [0, 0.05) is 13.1 Å². The second-order valence-corrected chi connectivity index (χ2v) is 2.30. The number of halogens is 1. The number of nitrogens with zero attached hydrogens (tertiary/aromatic N) is 1. The molecule has 0 aromatic rings. The van der Waals surface area contributed by atoms with E-state index in [4.69, 9.17) is 15.3 Å². The third kappa shape index (κ3) is 3.20. The minimum absolute atomic E-state index is 0.570. The Bertz CT molecular complexity index is 95.0. The normalized spacial score (nSPS) is 8.78. The van der Waals surface area contributed by atoms with E-state index in [2.05, 4.69) is 0 Å². The van der Waals surface area contributed by atoms with Gasteiger partial charge in [-0.3, -0.25) is 0 Å². The van der Waals surface area contributed by atoms with Crippen LogP contribution >= 0.6 is 35.2 Å². The lowest BCUT2D eigenvalue weighted by Crippen LogP contribution is -2.28. The molecule has 0 heterocycles. The quantitative estimate of drug-likeness (QED) is 0.555. The molecule has 2 nitrogen and oxygen atoms in total. The van der Waals surface area contributed by atoms with E-state index in [9.17, 15) is 0 Å². The average molecular weight is 259 g/mol. The summed E-state index contributed by atoms with van der Waals surface area (Å²) in [7, 11) is 0. The van der Waals surface area contributed by atoms with Gasteiger partial charge in [0.1, 0.15) is 0 Å². The smallest absolute Gasteiger partial charge is 0.269 e. The molecular weight excluding hydrogens is 249 g/mol. The van der Waals surface area contributed by atoms with Gasteiger partial charge >= 0.3 is 0 Å². The molecule has 4 heteroatoms. The molecular formula is C5H10INOS. The molecule has 0 atom stereocenters. The summed E-state index contributed by atoms with van der Waals surface area (Å²) in [5.74, 6) is 0. The van der Waals surface area contributed by atoms with Gasteiger partial charge in [-0.05, 0) is 26.1 Å². The van der Waals surface area contributed by atoms with Gasteiger partial charge in [-0.2, -0.15) is 0 Å². The molecule has 0 aromatic heterocycles. The van der Waals surface area contributed by atoms with Crippen molar-refractivity contribution in [3.8, 4) is 0 Å². The fourth-order valence-corrected chi connectivity index (χ4v) is 1.07. The molecule has 0 N–H and O–H groups in total. The monoisotopic (exact) mass is 259 g/mol. The molecule has 0 aliphatic carbocycles. The van der Waals surface area contributed by atoms with Crippen molar-refractivity contribution in [3.63, 3.8) is 0 Å². The molecule has 0 radical (unpaired) electrons. The molecule has 54 valence electrons. The van der Waals surface area contributed by atoms with Crippen molar-refractivity contribution in [1.29, 1.82) is 0 Å². The zero-order valence-corrected chi connectivity index (χ0v) is 8.53. The maximum atomic E-state index is 4.87. The summed E-state index contributed by atoms with van der Waals surface area (Å²) in [6, 6.07) is 0. The molecule has 9 heavy (non-hydrogen) atoms. The zero-order chi connectivity index (χ0) is 7.28. The summed E-state index contributed by atoms with van der Waals surface area (Å²) in [5, 5.41) is 0.570. The summed E-state index contributed by atoms with van der Waals surface area (Å²) in [5.41, 5.74) is 0. The van der Waals surface area contributed by atoms with Gasteiger partial charge in [-0.25, -0.2) is 0 Å². The second kappa shape index (κ2) is 5.22. The van der Waals surface area contributed by atoms with Crippen molar-refractivity contribution < 1.29 is 3.07 Å². The highest BCUT2D eigenvalue weighted by molar-refractivity contribution is 14.1. The van der Waals surface area contributed by atoms with Crippen LogP contribution in [0.1, 0.15) is 13.8 Å². The second-order valence-electron chi connectivity index (χ2n) is 1.52. The van der Waals surface area contributed by atoms with Crippen LogP contribution in [0.4, 0.5) is 0 Å². The first kappa shape index (κ1) is 9.42. The van der Waals surface area contributed by atoms with Crippen molar-refractivity contribution in [2.75, 3.05) is 13.1 Å². The van der Waals surface area contributed by atoms with E-state index in [1.54, 1.807) is 23.0 Å². The first-order chi connectivity index (χ1) is 4.26. The van der Waals surface area contributed by atoms with E-state index in [1.807, 2.05) is 18.7 Å². The number of hydrogen-bond donors (Lipinski definition) is 0. The van der Waals surface area contributed by atoms with E-state index in [0.29, 0.717) is 5.17 Å². The number of hydrogen-bond acceptors (Lipinski definition) is 2. The minimum Gasteiger partial charge on any atom is -0.400 e. The SMILES string of the molecule is CCN(CC)C(=S)OI. The Labute approximate surface area is 75.2 Å². The van der Waals surface area contributed by atoms with Crippen molar-refractivity contribution in [1.82, 2.24) is 4.90 Å². The average Bonchev–Trinajstić information content (AvgIpc) is 1.90. The third-order valence-corrected chi connectivity index (χ3v) is 2.15. The highest BCUT2D eigenvalue weighted by Crippen LogP contribution is 1.97. The minimum atomic E-state index is 0.570. The lowest BCUT2D eigenvalue weighted by Gasteiger charge is -2.17. The van der Waals surface area contributed by atoms with Crippen LogP contribution in [0.2, 0.25) is 0 Å². The molecule has 0 amide bonds. The summed E-state index contributed by atoms with van der Waals surface area (Å²) < 4.78 is 4.82. The molecule has 0 spiro atoms. The van der Waals surface area contributed by atoms with Gasteiger partial charge in [-0.1, -0.05) is 0 Å². The highest BCUT2D eigenvalue weighted by Gasteiger charge is 2.02. The Kier molecular flexibility index (Phi) is 5.47. The number of rotatable bonds is 2. The first-order valence-corrected chi connectivity index (χ1v) is 4.12. The van der Waals surface area contributed by atoms with Gasteiger partial charge in [0.15, 0.2) is 23.0 Å². The molecule has 0 aliphatic rings. The van der Waals surface area contributed by atoms with E-state index in [-0.39, 0.29) is 0 Å². The lowest BCUT2D eigenvalue weighted by atomic mass is 10.6. The van der Waals surface area contributed by atoms with Crippen molar-refractivity contribution in [2.24, 2.45) is 0 Å². The largest absolute Gasteiger partial charge is 0.400 e. The summed E-state index contributed by atoms with van der Waals surface area (Å²) in [6.45, 7) is 5.92. The van der Waals surface area contributed by atoms with Crippen LogP contribution in [0.3, 0.4) is 0 Å². The van der Waals surface area contributed by atoms with Crippen LogP contribution < -0.4 is 0 Å². The van der Waals surface area contributed by atoms with E-state index >= 15 is 0 Å². The van der Waals surface area contributed by atoms with Crippen molar-refractivity contribution in [3.05, 3.63) is 0 Å². The van der Waals surface area contributed by atoms with Gasteiger partial charge < -0.3 is 7.97 Å². The van der Waals surface area contributed by atoms with Crippen LogP contribution in [0.5, 0.6) is 0 Å². The summed E-state index contributed by atoms with van der Waals surface area (Å²) >= 11 is 6.66. The Hall–Kier alpha value is 0.420. The molecule has 0 aliphatic heterocycles. The standard InChI is InChI=1S/C5H10INOS/c1-3-7(4-2)5(9)8-6/h3-4H2,1-2H3. The Morgan fingerprint density at radius 3 is 2.11 bits per heavy atom. The van der Waals surface area contributed by atoms with E-state index < -0.39 is 0 Å². The Morgan fingerprint density at radius 2 is 2.00 bits per heavy atom. The fraction of sp³-hybridized carbons (Fsp3) is 0.800. The maximum Gasteiger partial charge on any atom is 0.269 e. The van der Waals surface area contributed by atoms with Crippen LogP contribution in [-0.2, 0) is 3.07 Å². The first-order valence-electron chi connectivity index (χ1n) is 2.83. The van der Waals surface area contributed by atoms with Gasteiger partial charge in [0.25, 0.3) is 5.17 Å². The lowest BCUT2D eigenvalue weighted by molar-refractivity contribution is 0.415. The molecule has 0 bridgehead atoms. The highest BCUT2D eigenvalue weighted by atomic mass is 127. The molecule has 0 fully saturated rings. The molecule has 0 saturated heterocycles.